The summed E-state index contributed by atoms with van der Waals surface area (Å²) in [5, 5.41) is 3.91. The zero-order valence-corrected chi connectivity index (χ0v) is 15.4. The van der Waals surface area contributed by atoms with Crippen LogP contribution in [0.15, 0.2) is 47.1 Å². The van der Waals surface area contributed by atoms with Gasteiger partial charge in [-0.15, -0.1) is 0 Å². The van der Waals surface area contributed by atoms with Crippen molar-refractivity contribution in [3.8, 4) is 11.4 Å². The summed E-state index contributed by atoms with van der Waals surface area (Å²) < 4.78 is 5.02. The third kappa shape index (κ3) is 3.42. The molecule has 0 aliphatic carbocycles. The number of rotatable bonds is 3. The Bertz CT molecular complexity index is 1050. The van der Waals surface area contributed by atoms with Crippen LogP contribution in [0.2, 0.25) is 0 Å². The Morgan fingerprint density at radius 1 is 1.18 bits per heavy atom. The summed E-state index contributed by atoms with van der Waals surface area (Å²) in [6.07, 6.45) is 1.69. The highest BCUT2D eigenvalue weighted by Gasteiger charge is 2.24. The summed E-state index contributed by atoms with van der Waals surface area (Å²) in [6.45, 7) is 11.4. The molecule has 3 heterocycles. The summed E-state index contributed by atoms with van der Waals surface area (Å²) in [5.74, 6) is 1.60. The van der Waals surface area contributed by atoms with Crippen molar-refractivity contribution >= 4 is 17.4 Å². The maximum atomic E-state index is 12.9. The fourth-order valence-corrected chi connectivity index (χ4v) is 3.23. The molecule has 3 aromatic rings. The molecule has 0 spiro atoms. The average molecular weight is 374 g/mol. The Hall–Kier alpha value is -3.73. The lowest BCUT2D eigenvalue weighted by Gasteiger charge is -2.36. The first-order valence-electron chi connectivity index (χ1n) is 8.93. The van der Waals surface area contributed by atoms with Gasteiger partial charge in [0.25, 0.3) is 5.91 Å². The van der Waals surface area contributed by atoms with Crippen LogP contribution in [0.1, 0.15) is 16.2 Å². The zero-order chi connectivity index (χ0) is 19.5. The number of hydrogen-bond acceptors (Lipinski definition) is 6. The van der Waals surface area contributed by atoms with Gasteiger partial charge in [0.1, 0.15) is 5.82 Å². The van der Waals surface area contributed by atoms with Crippen LogP contribution in [0.25, 0.3) is 16.2 Å². The number of benzene rings is 1. The highest BCUT2D eigenvalue weighted by Crippen LogP contribution is 2.27. The number of piperazine rings is 1. The molecule has 0 saturated carbocycles. The molecule has 0 N–H and O–H groups in total. The number of aryl methyl sites for hydroxylation is 1. The van der Waals surface area contributed by atoms with E-state index < -0.39 is 0 Å². The highest BCUT2D eigenvalue weighted by molar-refractivity contribution is 5.95. The number of pyridine rings is 1. The van der Waals surface area contributed by atoms with Gasteiger partial charge in [-0.25, -0.2) is 4.85 Å². The molecule has 0 unspecified atom stereocenters. The Balaban J connectivity index is 1.47. The monoisotopic (exact) mass is 374 g/mol. The molecule has 2 aromatic heterocycles. The molecule has 4 rings (SSSR count). The summed E-state index contributed by atoms with van der Waals surface area (Å²) >= 11 is 0. The van der Waals surface area contributed by atoms with Crippen molar-refractivity contribution in [1.29, 1.82) is 0 Å². The molecule has 1 aliphatic rings. The van der Waals surface area contributed by atoms with E-state index >= 15 is 0 Å². The van der Waals surface area contributed by atoms with Crippen molar-refractivity contribution < 1.29 is 9.32 Å². The molecule has 1 aromatic carbocycles. The number of amides is 1. The zero-order valence-electron chi connectivity index (χ0n) is 15.4. The molecule has 1 saturated heterocycles. The van der Waals surface area contributed by atoms with Gasteiger partial charge in [0, 0.05) is 50.4 Å². The quantitative estimate of drug-likeness (QED) is 0.656. The number of aromatic nitrogens is 3. The number of anilines is 1. The van der Waals surface area contributed by atoms with E-state index in [1.54, 1.807) is 37.4 Å². The van der Waals surface area contributed by atoms with Crippen molar-refractivity contribution in [1.82, 2.24) is 20.0 Å². The molecule has 28 heavy (non-hydrogen) atoms. The Labute approximate surface area is 162 Å². The van der Waals surface area contributed by atoms with Crippen LogP contribution in [0.4, 0.5) is 11.5 Å². The first kappa shape index (κ1) is 17.7. The van der Waals surface area contributed by atoms with E-state index in [1.165, 1.54) is 0 Å². The summed E-state index contributed by atoms with van der Waals surface area (Å²) in [6, 6.07) is 10.8. The van der Waals surface area contributed by atoms with Gasteiger partial charge in [0.05, 0.1) is 6.57 Å². The number of hydrogen-bond donors (Lipinski definition) is 0. The molecule has 1 fully saturated rings. The third-order valence-electron chi connectivity index (χ3n) is 4.65. The van der Waals surface area contributed by atoms with Crippen LogP contribution in [0.3, 0.4) is 0 Å². The van der Waals surface area contributed by atoms with Gasteiger partial charge in [0.2, 0.25) is 17.4 Å². The maximum Gasteiger partial charge on any atom is 0.253 e. The second-order valence-corrected chi connectivity index (χ2v) is 6.45. The first-order chi connectivity index (χ1) is 13.7. The minimum atomic E-state index is -0.0341. The maximum absolute atomic E-state index is 12.9. The van der Waals surface area contributed by atoms with E-state index in [-0.39, 0.29) is 5.91 Å². The molecule has 8 heteroatoms. The van der Waals surface area contributed by atoms with Gasteiger partial charge in [-0.2, -0.15) is 4.98 Å². The summed E-state index contributed by atoms with van der Waals surface area (Å²) in [7, 11) is 0. The van der Waals surface area contributed by atoms with Crippen molar-refractivity contribution in [2.24, 2.45) is 0 Å². The van der Waals surface area contributed by atoms with Crippen molar-refractivity contribution in [3.05, 3.63) is 65.5 Å². The van der Waals surface area contributed by atoms with Crippen LogP contribution in [0.5, 0.6) is 0 Å². The van der Waals surface area contributed by atoms with Gasteiger partial charge in [-0.3, -0.25) is 9.78 Å². The molecule has 140 valence electrons. The predicted molar refractivity (Wildman–Crippen MR) is 103 cm³/mol. The summed E-state index contributed by atoms with van der Waals surface area (Å²) in [4.78, 5) is 28.9. The lowest BCUT2D eigenvalue weighted by molar-refractivity contribution is 0.0746. The van der Waals surface area contributed by atoms with E-state index in [2.05, 4.69) is 24.9 Å². The minimum absolute atomic E-state index is 0.0341. The molecule has 0 atom stereocenters. The SMILES string of the molecule is [C-]#[N+]c1cccnc1N1CCN(C(=O)c2cccc(-c3noc(C)n3)c2)CC1. The van der Waals surface area contributed by atoms with Gasteiger partial charge in [-0.05, 0) is 12.1 Å². The third-order valence-corrected chi connectivity index (χ3v) is 4.65. The van der Waals surface area contributed by atoms with Crippen LogP contribution in [-0.4, -0.2) is 52.1 Å². The highest BCUT2D eigenvalue weighted by atomic mass is 16.5. The van der Waals surface area contributed by atoms with E-state index in [0.717, 1.165) is 5.56 Å². The van der Waals surface area contributed by atoms with Crippen molar-refractivity contribution in [2.75, 3.05) is 31.1 Å². The lowest BCUT2D eigenvalue weighted by atomic mass is 10.1. The Morgan fingerprint density at radius 3 is 2.71 bits per heavy atom. The fourth-order valence-electron chi connectivity index (χ4n) is 3.23. The second-order valence-electron chi connectivity index (χ2n) is 6.45. The largest absolute Gasteiger partial charge is 0.362 e. The summed E-state index contributed by atoms with van der Waals surface area (Å²) in [5.41, 5.74) is 1.87. The average Bonchev–Trinajstić information content (AvgIpc) is 3.20. The van der Waals surface area contributed by atoms with Crippen molar-refractivity contribution in [2.45, 2.75) is 6.92 Å². The van der Waals surface area contributed by atoms with E-state index in [1.807, 2.05) is 17.0 Å². The Morgan fingerprint density at radius 2 is 2.00 bits per heavy atom. The Kier molecular flexibility index (Phi) is 4.72. The molecule has 0 radical (unpaired) electrons. The predicted octanol–water partition coefficient (Wildman–Crippen LogP) is 2.95. The molecule has 1 aliphatic heterocycles. The number of carbonyl (C=O) groups is 1. The van der Waals surface area contributed by atoms with Gasteiger partial charge < -0.3 is 14.3 Å². The van der Waals surface area contributed by atoms with Crippen molar-refractivity contribution in [3.63, 3.8) is 0 Å². The van der Waals surface area contributed by atoms with E-state index in [9.17, 15) is 4.79 Å². The van der Waals surface area contributed by atoms with Gasteiger partial charge in [0.15, 0.2) is 0 Å². The number of nitrogens with zero attached hydrogens (tertiary/aromatic N) is 6. The molecule has 1 amide bonds. The topological polar surface area (TPSA) is 79.7 Å². The standard InChI is InChI=1S/C20H18N6O2/c1-14-23-18(24-28-14)15-5-3-6-16(13-15)20(27)26-11-9-25(10-12-26)19-17(21-2)7-4-8-22-19/h3-8,13H,9-12H2,1H3. The smallest absolute Gasteiger partial charge is 0.253 e. The van der Waals surface area contributed by atoms with Crippen LogP contribution in [0, 0.1) is 13.5 Å². The first-order valence-corrected chi connectivity index (χ1v) is 8.93. The van der Waals surface area contributed by atoms with Crippen LogP contribution in [-0.2, 0) is 0 Å². The van der Waals surface area contributed by atoms with Crippen LogP contribution < -0.4 is 4.90 Å². The minimum Gasteiger partial charge on any atom is -0.362 e. The lowest BCUT2D eigenvalue weighted by Crippen LogP contribution is -2.49. The van der Waals surface area contributed by atoms with E-state index in [4.69, 9.17) is 11.1 Å². The molecule has 0 bridgehead atoms. The second kappa shape index (κ2) is 7.48. The number of carbonyl (C=O) groups excluding carboxylic acids is 1. The van der Waals surface area contributed by atoms with Gasteiger partial charge >= 0.3 is 0 Å². The van der Waals surface area contributed by atoms with E-state index in [0.29, 0.717) is 55.0 Å². The normalized spacial score (nSPS) is 14.0. The van der Waals surface area contributed by atoms with Gasteiger partial charge in [-0.1, -0.05) is 29.4 Å². The fraction of sp³-hybridized carbons (Fsp3) is 0.250. The van der Waals surface area contributed by atoms with Crippen LogP contribution >= 0.6 is 0 Å². The molecular formula is C20H18N6O2. The molecule has 8 nitrogen and oxygen atoms in total. The molecular weight excluding hydrogens is 356 g/mol.